The number of fused-ring (bicyclic) bond motifs is 1. The number of nitrogens with two attached hydrogens (primary N) is 1. The number of imidazole rings is 1. The Bertz CT molecular complexity index is 820. The summed E-state index contributed by atoms with van der Waals surface area (Å²) in [6.45, 7) is 0.918. The highest BCUT2D eigenvalue weighted by Crippen LogP contribution is 2.17. The zero-order valence-corrected chi connectivity index (χ0v) is 13.1. The number of carbonyl (C=O) groups is 2. The van der Waals surface area contributed by atoms with Crippen molar-refractivity contribution in [3.8, 4) is 0 Å². The summed E-state index contributed by atoms with van der Waals surface area (Å²) < 4.78 is 3.01. The van der Waals surface area contributed by atoms with Crippen LogP contribution in [-0.4, -0.2) is 38.9 Å². The molecule has 2 aromatic rings. The van der Waals surface area contributed by atoms with Gasteiger partial charge in [-0.3, -0.25) is 18.7 Å². The maximum atomic E-state index is 12.5. The molecule has 0 aliphatic carbocycles. The molecule has 1 aliphatic heterocycles. The van der Waals surface area contributed by atoms with Gasteiger partial charge in [-0.25, -0.2) is 4.79 Å². The first kappa shape index (κ1) is 15.3. The van der Waals surface area contributed by atoms with E-state index < -0.39 is 0 Å². The van der Waals surface area contributed by atoms with Gasteiger partial charge < -0.3 is 10.6 Å². The third kappa shape index (κ3) is 2.74. The Hall–Kier alpha value is -2.57. The Morgan fingerprint density at radius 2 is 1.96 bits per heavy atom. The number of rotatable bonds is 3. The van der Waals surface area contributed by atoms with E-state index in [2.05, 4.69) is 0 Å². The molecule has 2 N–H and O–H groups in total. The normalized spacial score (nSPS) is 18.3. The van der Waals surface area contributed by atoms with Crippen LogP contribution in [0.15, 0.2) is 29.1 Å². The molecule has 2 amide bonds. The largest absolute Gasteiger partial charge is 0.369 e. The van der Waals surface area contributed by atoms with E-state index in [1.54, 1.807) is 11.9 Å². The van der Waals surface area contributed by atoms with Crippen molar-refractivity contribution in [1.82, 2.24) is 14.0 Å². The van der Waals surface area contributed by atoms with Crippen molar-refractivity contribution in [3.63, 3.8) is 0 Å². The average Bonchev–Trinajstić information content (AvgIpc) is 2.80. The zero-order valence-electron chi connectivity index (χ0n) is 13.1. The molecule has 1 aromatic heterocycles. The number of hydrogen-bond acceptors (Lipinski definition) is 3. The van der Waals surface area contributed by atoms with Crippen molar-refractivity contribution in [2.24, 2.45) is 18.7 Å². The van der Waals surface area contributed by atoms with Crippen LogP contribution in [0.5, 0.6) is 0 Å². The molecule has 1 aromatic carbocycles. The molecule has 23 heavy (non-hydrogen) atoms. The lowest BCUT2D eigenvalue weighted by Crippen LogP contribution is -2.45. The molecule has 0 radical (unpaired) electrons. The summed E-state index contributed by atoms with van der Waals surface area (Å²) in [7, 11) is 1.69. The maximum absolute atomic E-state index is 12.5. The van der Waals surface area contributed by atoms with Crippen molar-refractivity contribution in [1.29, 1.82) is 0 Å². The molecule has 1 aliphatic rings. The molecule has 3 rings (SSSR count). The number of aryl methyl sites for hydroxylation is 1. The van der Waals surface area contributed by atoms with Crippen LogP contribution < -0.4 is 11.4 Å². The third-order valence-electron chi connectivity index (χ3n) is 4.52. The van der Waals surface area contributed by atoms with Crippen molar-refractivity contribution in [2.75, 3.05) is 13.1 Å². The van der Waals surface area contributed by atoms with Crippen LogP contribution in [0.3, 0.4) is 0 Å². The number of piperidine rings is 1. The standard InChI is InChI=1S/C16H20N4O3/c1-18-12-6-2-3-7-13(12)20(16(18)23)10-14(21)19-8-4-5-11(9-19)15(17)22/h2-3,6-7,11H,4-5,8-10H2,1H3,(H2,17,22)/t11-/m1/s1. The lowest BCUT2D eigenvalue weighted by atomic mass is 9.97. The minimum atomic E-state index is -0.371. The lowest BCUT2D eigenvalue weighted by Gasteiger charge is -2.31. The van der Waals surface area contributed by atoms with E-state index in [9.17, 15) is 14.4 Å². The molecule has 0 unspecified atom stereocenters. The SMILES string of the molecule is Cn1c(=O)n(CC(=O)N2CCC[C@@H](C(N)=O)C2)c2ccccc21. The van der Waals surface area contributed by atoms with Crippen LogP contribution in [0.25, 0.3) is 11.0 Å². The Morgan fingerprint density at radius 1 is 1.26 bits per heavy atom. The van der Waals surface area contributed by atoms with Gasteiger partial charge in [0.2, 0.25) is 11.8 Å². The molecule has 122 valence electrons. The molecule has 1 saturated heterocycles. The smallest absolute Gasteiger partial charge is 0.329 e. The van der Waals surface area contributed by atoms with E-state index in [4.69, 9.17) is 5.73 Å². The number of nitrogens with zero attached hydrogens (tertiary/aromatic N) is 3. The predicted octanol–water partition coefficient (Wildman–Crippen LogP) is 0.0639. The van der Waals surface area contributed by atoms with Gasteiger partial charge in [-0.15, -0.1) is 0 Å². The first-order chi connectivity index (χ1) is 11.0. The van der Waals surface area contributed by atoms with Crippen LogP contribution in [0.2, 0.25) is 0 Å². The van der Waals surface area contributed by atoms with E-state index in [0.717, 1.165) is 17.5 Å². The number of amides is 2. The quantitative estimate of drug-likeness (QED) is 0.868. The van der Waals surface area contributed by atoms with Gasteiger partial charge in [-0.2, -0.15) is 0 Å². The van der Waals surface area contributed by atoms with E-state index >= 15 is 0 Å². The zero-order chi connectivity index (χ0) is 16.6. The number of likely N-dealkylation sites (tertiary alicyclic amines) is 1. The van der Waals surface area contributed by atoms with Crippen LogP contribution >= 0.6 is 0 Å². The van der Waals surface area contributed by atoms with Crippen molar-refractivity contribution < 1.29 is 9.59 Å². The second-order valence-electron chi connectivity index (χ2n) is 6.00. The van der Waals surface area contributed by atoms with Crippen molar-refractivity contribution in [3.05, 3.63) is 34.7 Å². The van der Waals surface area contributed by atoms with E-state index in [0.29, 0.717) is 19.5 Å². The Balaban J connectivity index is 1.85. The Kier molecular flexibility index (Phi) is 3.94. The fourth-order valence-corrected chi connectivity index (χ4v) is 3.19. The van der Waals surface area contributed by atoms with Gasteiger partial charge in [0.25, 0.3) is 0 Å². The number of primary amides is 1. The van der Waals surface area contributed by atoms with E-state index in [-0.39, 0.29) is 30.0 Å². The molecule has 0 spiro atoms. The number of aromatic nitrogens is 2. The van der Waals surface area contributed by atoms with Crippen molar-refractivity contribution in [2.45, 2.75) is 19.4 Å². The summed E-state index contributed by atoms with van der Waals surface area (Å²) in [5, 5.41) is 0. The van der Waals surface area contributed by atoms with E-state index in [1.165, 1.54) is 9.13 Å². The molecule has 1 fully saturated rings. The molecule has 0 bridgehead atoms. The summed E-state index contributed by atoms with van der Waals surface area (Å²) in [5.74, 6) is -0.823. The minimum absolute atomic E-state index is 0.0222. The Morgan fingerprint density at radius 3 is 2.65 bits per heavy atom. The third-order valence-corrected chi connectivity index (χ3v) is 4.52. The van der Waals surface area contributed by atoms with Gasteiger partial charge in [0, 0.05) is 20.1 Å². The van der Waals surface area contributed by atoms with Gasteiger partial charge in [-0.1, -0.05) is 12.1 Å². The number of carbonyl (C=O) groups excluding carboxylic acids is 2. The van der Waals surface area contributed by atoms with Gasteiger partial charge in [-0.05, 0) is 25.0 Å². The lowest BCUT2D eigenvalue weighted by molar-refractivity contribution is -0.135. The maximum Gasteiger partial charge on any atom is 0.329 e. The molecule has 1 atom stereocenters. The number of para-hydroxylation sites is 2. The first-order valence-corrected chi connectivity index (χ1v) is 7.70. The topological polar surface area (TPSA) is 90.3 Å². The number of benzene rings is 1. The van der Waals surface area contributed by atoms with Crippen LogP contribution in [0.4, 0.5) is 0 Å². The minimum Gasteiger partial charge on any atom is -0.369 e. The molecule has 0 saturated carbocycles. The van der Waals surface area contributed by atoms with Crippen LogP contribution in [-0.2, 0) is 23.2 Å². The second kappa shape index (κ2) is 5.91. The second-order valence-corrected chi connectivity index (χ2v) is 6.00. The highest BCUT2D eigenvalue weighted by Gasteiger charge is 2.27. The van der Waals surface area contributed by atoms with Gasteiger partial charge in [0.1, 0.15) is 6.54 Å². The summed E-state index contributed by atoms with van der Waals surface area (Å²) in [6, 6.07) is 7.37. The molecular formula is C16H20N4O3. The molecular weight excluding hydrogens is 296 g/mol. The first-order valence-electron chi connectivity index (χ1n) is 7.70. The van der Waals surface area contributed by atoms with Crippen molar-refractivity contribution >= 4 is 22.8 Å². The highest BCUT2D eigenvalue weighted by molar-refractivity contribution is 5.82. The Labute approximate surface area is 133 Å². The van der Waals surface area contributed by atoms with Crippen LogP contribution in [0.1, 0.15) is 12.8 Å². The van der Waals surface area contributed by atoms with Gasteiger partial charge in [0.15, 0.2) is 0 Å². The summed E-state index contributed by atoms with van der Waals surface area (Å²) in [6.07, 6.45) is 1.47. The summed E-state index contributed by atoms with van der Waals surface area (Å²) >= 11 is 0. The summed E-state index contributed by atoms with van der Waals surface area (Å²) in [5.41, 5.74) is 6.65. The van der Waals surface area contributed by atoms with E-state index in [1.807, 2.05) is 24.3 Å². The fraction of sp³-hybridized carbons (Fsp3) is 0.438. The van der Waals surface area contributed by atoms with Gasteiger partial charge in [0.05, 0.1) is 17.0 Å². The fourth-order valence-electron chi connectivity index (χ4n) is 3.19. The highest BCUT2D eigenvalue weighted by atomic mass is 16.2. The van der Waals surface area contributed by atoms with Gasteiger partial charge >= 0.3 is 5.69 Å². The molecule has 7 heteroatoms. The number of hydrogen-bond donors (Lipinski definition) is 1. The predicted molar refractivity (Wildman–Crippen MR) is 85.7 cm³/mol. The average molecular weight is 316 g/mol. The monoisotopic (exact) mass is 316 g/mol. The van der Waals surface area contributed by atoms with Crippen LogP contribution in [0, 0.1) is 5.92 Å². The molecule has 2 heterocycles. The molecule has 7 nitrogen and oxygen atoms in total. The summed E-state index contributed by atoms with van der Waals surface area (Å²) in [4.78, 5) is 37.9.